The molecule has 5 aromatic rings. The van der Waals surface area contributed by atoms with Gasteiger partial charge in [0.25, 0.3) is 0 Å². The molecule has 0 unspecified atom stereocenters. The van der Waals surface area contributed by atoms with Crippen LogP contribution in [0.15, 0.2) is 67.6 Å². The van der Waals surface area contributed by atoms with Gasteiger partial charge in [-0.25, -0.2) is 14.2 Å². The molecule has 5 aromatic heterocycles. The summed E-state index contributed by atoms with van der Waals surface area (Å²) in [5.41, 5.74) is -0.0878. The molecule has 0 saturated heterocycles. The molecule has 2 N–H and O–H groups in total. The van der Waals surface area contributed by atoms with Crippen LogP contribution in [0.1, 0.15) is 117 Å². The second kappa shape index (κ2) is 23.3. The van der Waals surface area contributed by atoms with E-state index in [9.17, 15) is 4.39 Å². The smallest absolute Gasteiger partial charge is 0.211 e. The molecule has 0 aliphatic carbocycles. The number of H-pyrrole nitrogens is 2. The number of nitrogens with one attached hydrogen (secondary N) is 2. The second-order valence-corrected chi connectivity index (χ2v) is 17.8. The highest BCUT2D eigenvalue weighted by Crippen LogP contribution is 2.18. The Morgan fingerprint density at radius 3 is 1.68 bits per heavy atom. The van der Waals surface area contributed by atoms with E-state index < -0.39 is 0 Å². The van der Waals surface area contributed by atoms with Gasteiger partial charge in [0, 0.05) is 32.4 Å². The Balaban J connectivity index is 0.000000688. The first-order valence-corrected chi connectivity index (χ1v) is 18.5. The SMILES string of the molecule is C.CC(C)(C)COCc1ncccc1F.CC(C)(C)Oc1ccn[nH]1.CC(C)(C)Oc1cn[nH]c1.Cn1cc(OC(C)(C)C)cn1.Cn1nccc1OC(C)(C)C. The number of nitrogens with zero attached hydrogens (tertiary/aromatic N) is 7. The molecule has 0 aromatic carbocycles. The summed E-state index contributed by atoms with van der Waals surface area (Å²) < 4.78 is 43.8. The van der Waals surface area contributed by atoms with Crippen LogP contribution in [0, 0.1) is 11.2 Å². The highest BCUT2D eigenvalue weighted by atomic mass is 19.1. The average molecular weight is 802 g/mol. The summed E-state index contributed by atoms with van der Waals surface area (Å²) in [6.45, 7) is 31.1. The number of hydrogen-bond donors (Lipinski definition) is 2. The fourth-order valence-electron chi connectivity index (χ4n) is 3.84. The van der Waals surface area contributed by atoms with Crippen LogP contribution in [0.3, 0.4) is 0 Å². The maximum absolute atomic E-state index is 13.1. The monoisotopic (exact) mass is 802 g/mol. The van der Waals surface area contributed by atoms with Crippen molar-refractivity contribution >= 4 is 0 Å². The van der Waals surface area contributed by atoms with Gasteiger partial charge in [-0.3, -0.25) is 14.8 Å². The minimum atomic E-state index is -0.304. The van der Waals surface area contributed by atoms with E-state index in [2.05, 4.69) is 56.3 Å². The Morgan fingerprint density at radius 2 is 1.26 bits per heavy atom. The molecule has 57 heavy (non-hydrogen) atoms. The van der Waals surface area contributed by atoms with Gasteiger partial charge in [0.1, 0.15) is 33.9 Å². The van der Waals surface area contributed by atoms with Crippen LogP contribution in [0.4, 0.5) is 4.39 Å². The van der Waals surface area contributed by atoms with Gasteiger partial charge in [0.05, 0.1) is 50.4 Å². The third-order valence-corrected chi connectivity index (χ3v) is 5.69. The molecule has 0 aliphatic heterocycles. The third kappa shape index (κ3) is 28.2. The Bertz CT molecular complexity index is 1690. The first-order valence-electron chi connectivity index (χ1n) is 18.5. The van der Waals surface area contributed by atoms with E-state index in [0.717, 1.165) is 17.4 Å². The van der Waals surface area contributed by atoms with Gasteiger partial charge in [-0.05, 0) is 101 Å². The molecule has 15 heteroatoms. The lowest BCUT2D eigenvalue weighted by atomic mass is 9.99. The summed E-state index contributed by atoms with van der Waals surface area (Å²) in [7, 11) is 3.73. The summed E-state index contributed by atoms with van der Waals surface area (Å²) in [5, 5.41) is 20.9. The molecular weight excluding hydrogens is 730 g/mol. The summed E-state index contributed by atoms with van der Waals surface area (Å²) >= 11 is 0. The van der Waals surface area contributed by atoms with E-state index >= 15 is 0 Å². The van der Waals surface area contributed by atoms with E-state index in [4.69, 9.17) is 23.7 Å². The number of halogens is 1. The lowest BCUT2D eigenvalue weighted by molar-refractivity contribution is 0.0564. The molecule has 0 radical (unpaired) electrons. The van der Waals surface area contributed by atoms with Gasteiger partial charge >= 0.3 is 0 Å². The van der Waals surface area contributed by atoms with Crippen molar-refractivity contribution in [2.45, 2.75) is 140 Å². The predicted octanol–water partition coefficient (Wildman–Crippen LogP) is 9.79. The molecule has 0 atom stereocenters. The van der Waals surface area contributed by atoms with E-state index in [1.807, 2.05) is 109 Å². The number of aromatic amines is 2. The zero-order chi connectivity index (χ0) is 42.8. The van der Waals surface area contributed by atoms with Crippen molar-refractivity contribution in [3.63, 3.8) is 0 Å². The quantitative estimate of drug-likeness (QED) is 0.163. The molecule has 14 nitrogen and oxygen atoms in total. The maximum atomic E-state index is 13.1. The normalized spacial score (nSPS) is 11.4. The largest absolute Gasteiger partial charge is 0.485 e. The number of pyridine rings is 1. The molecule has 0 bridgehead atoms. The standard InChI is InChI=1S/C11H16FNO.2C8H14N2O.2C7H12N2O.CH4/c1-11(2,3)8-14-7-10-9(12)5-4-6-13-10;1-8(2,3)11-7-5-9-10(4)6-7;1-8(2,3)11-7-5-6-9-10(7)4;1-7(2,3)10-6-4-8-9-5-6;1-7(2,3)10-6-4-5-8-9-6;/h4-6H,7-8H2,1-3H3;2*5-6H,1-4H3;2*4-5H,1-3H3,(H,8,9);1H4. The lowest BCUT2D eigenvalue weighted by Gasteiger charge is -2.20. The molecule has 0 amide bonds. The molecule has 322 valence electrons. The molecule has 0 spiro atoms. The number of rotatable bonds is 7. The van der Waals surface area contributed by atoms with Crippen LogP contribution in [-0.2, 0) is 25.4 Å². The van der Waals surface area contributed by atoms with Crippen molar-refractivity contribution in [3.05, 3.63) is 79.2 Å². The minimum absolute atomic E-state index is 0. The van der Waals surface area contributed by atoms with Gasteiger partial charge in [0.15, 0.2) is 11.5 Å². The zero-order valence-electron chi connectivity index (χ0n) is 36.8. The van der Waals surface area contributed by atoms with Crippen LogP contribution in [0.25, 0.3) is 0 Å². The minimum Gasteiger partial charge on any atom is -0.485 e. The summed E-state index contributed by atoms with van der Waals surface area (Å²) in [5.74, 6) is 2.82. The Labute approximate surface area is 341 Å². The summed E-state index contributed by atoms with van der Waals surface area (Å²) in [6, 6.07) is 6.61. The maximum Gasteiger partial charge on any atom is 0.211 e. The van der Waals surface area contributed by atoms with Crippen molar-refractivity contribution < 1.29 is 28.1 Å². The predicted molar refractivity (Wildman–Crippen MR) is 225 cm³/mol. The van der Waals surface area contributed by atoms with Crippen LogP contribution >= 0.6 is 0 Å². The van der Waals surface area contributed by atoms with Crippen LogP contribution in [0.2, 0.25) is 0 Å². The van der Waals surface area contributed by atoms with Gasteiger partial charge in [-0.1, -0.05) is 28.2 Å². The average Bonchev–Trinajstić information content (AvgIpc) is 3.84. The van der Waals surface area contributed by atoms with E-state index in [-0.39, 0.29) is 47.7 Å². The van der Waals surface area contributed by atoms with Gasteiger partial charge in [0.2, 0.25) is 11.8 Å². The van der Waals surface area contributed by atoms with Crippen molar-refractivity contribution in [2.24, 2.45) is 19.5 Å². The fourth-order valence-corrected chi connectivity index (χ4v) is 3.84. The number of aryl methyl sites for hydroxylation is 2. The van der Waals surface area contributed by atoms with Gasteiger partial charge in [-0.15, -0.1) is 0 Å². The molecule has 0 aliphatic rings. The fraction of sp³-hybridized carbons (Fsp3) is 0.595. The van der Waals surface area contributed by atoms with Crippen LogP contribution in [-0.4, -0.2) is 74.0 Å². The van der Waals surface area contributed by atoms with E-state index in [1.165, 1.54) is 6.07 Å². The zero-order valence-corrected chi connectivity index (χ0v) is 36.8. The van der Waals surface area contributed by atoms with Crippen LogP contribution < -0.4 is 18.9 Å². The Morgan fingerprint density at radius 1 is 0.667 bits per heavy atom. The Kier molecular flexibility index (Phi) is 21.3. The number of hydrogen-bond acceptors (Lipinski definition) is 10. The third-order valence-electron chi connectivity index (χ3n) is 5.69. The van der Waals surface area contributed by atoms with Gasteiger partial charge in [-0.2, -0.15) is 20.4 Å². The number of aromatic nitrogens is 9. The molecule has 0 fully saturated rings. The van der Waals surface area contributed by atoms with Crippen molar-refractivity contribution in [2.75, 3.05) is 6.61 Å². The lowest BCUT2D eigenvalue weighted by Crippen LogP contribution is -2.24. The molecule has 5 rings (SSSR count). The Hall–Kier alpha value is -4.92. The highest BCUT2D eigenvalue weighted by molar-refractivity contribution is 5.13. The summed E-state index contributed by atoms with van der Waals surface area (Å²) in [4.78, 5) is 3.90. The second-order valence-electron chi connectivity index (χ2n) is 17.8. The van der Waals surface area contributed by atoms with Crippen LogP contribution in [0.5, 0.6) is 23.3 Å². The molecular formula is C42H72FN9O5. The van der Waals surface area contributed by atoms with Crippen molar-refractivity contribution in [1.82, 2.24) is 44.9 Å². The molecule has 0 saturated carbocycles. The van der Waals surface area contributed by atoms with Crippen molar-refractivity contribution in [1.29, 1.82) is 0 Å². The van der Waals surface area contributed by atoms with E-state index in [0.29, 0.717) is 18.2 Å². The summed E-state index contributed by atoms with van der Waals surface area (Å²) in [6.07, 6.45) is 11.9. The van der Waals surface area contributed by atoms with E-state index in [1.54, 1.807) is 58.7 Å². The molecule has 5 heterocycles. The topological polar surface area (TPSA) is 152 Å². The number of ether oxygens (including phenoxy) is 5. The van der Waals surface area contributed by atoms with Crippen molar-refractivity contribution in [3.8, 4) is 23.3 Å². The first kappa shape index (κ1) is 52.1. The first-order chi connectivity index (χ1) is 25.6. The van der Waals surface area contributed by atoms with Gasteiger partial charge < -0.3 is 23.7 Å². The highest BCUT2D eigenvalue weighted by Gasteiger charge is 2.15.